The Morgan fingerprint density at radius 3 is 2.67 bits per heavy atom. The Labute approximate surface area is 140 Å². The first kappa shape index (κ1) is 14.0. The number of nitrogens with zero attached hydrogens (tertiary/aromatic N) is 1. The third kappa shape index (κ3) is 1.92. The van der Waals surface area contributed by atoms with Crippen molar-refractivity contribution in [2.24, 2.45) is 5.92 Å². The second-order valence-corrected chi connectivity index (χ2v) is 7.11. The number of halogens is 1. The number of hydrogen-bond acceptors (Lipinski definition) is 2. The van der Waals surface area contributed by atoms with E-state index in [1.807, 2.05) is 17.0 Å². The van der Waals surface area contributed by atoms with Crippen molar-refractivity contribution in [2.45, 2.75) is 31.3 Å². The second kappa shape index (κ2) is 4.82. The SMILES string of the molecule is O=C([C@H]1C[C@@]12CCOc1ccc(F)cc12)N1Cc2ccccc2C1. The van der Waals surface area contributed by atoms with Gasteiger partial charge in [0, 0.05) is 30.0 Å². The van der Waals surface area contributed by atoms with Crippen molar-refractivity contribution < 1.29 is 13.9 Å². The van der Waals surface area contributed by atoms with Gasteiger partial charge in [-0.3, -0.25) is 4.79 Å². The molecule has 0 saturated heterocycles. The van der Waals surface area contributed by atoms with Crippen LogP contribution in [0.25, 0.3) is 0 Å². The highest BCUT2D eigenvalue weighted by Gasteiger charge is 2.62. The van der Waals surface area contributed by atoms with E-state index in [2.05, 4.69) is 12.1 Å². The van der Waals surface area contributed by atoms with Crippen LogP contribution in [0.3, 0.4) is 0 Å². The summed E-state index contributed by atoms with van der Waals surface area (Å²) in [7, 11) is 0. The molecule has 2 aromatic rings. The minimum Gasteiger partial charge on any atom is -0.493 e. The summed E-state index contributed by atoms with van der Waals surface area (Å²) in [5, 5.41) is 0. The van der Waals surface area contributed by atoms with Crippen molar-refractivity contribution in [3.8, 4) is 5.75 Å². The summed E-state index contributed by atoms with van der Waals surface area (Å²) in [6.45, 7) is 1.98. The topological polar surface area (TPSA) is 29.5 Å². The molecule has 2 aliphatic heterocycles. The third-order valence-electron chi connectivity index (χ3n) is 5.81. The van der Waals surface area contributed by atoms with E-state index in [0.29, 0.717) is 19.7 Å². The molecule has 1 amide bonds. The van der Waals surface area contributed by atoms with Crippen LogP contribution in [0.15, 0.2) is 42.5 Å². The Bertz CT molecular complexity index is 824. The molecule has 0 aromatic heterocycles. The minimum absolute atomic E-state index is 0.0451. The molecule has 4 heteroatoms. The number of carbonyl (C=O) groups is 1. The summed E-state index contributed by atoms with van der Waals surface area (Å²) in [6, 6.07) is 12.9. The molecule has 1 fully saturated rings. The van der Waals surface area contributed by atoms with E-state index in [-0.39, 0.29) is 23.1 Å². The molecule has 2 atom stereocenters. The average molecular weight is 323 g/mol. The number of fused-ring (bicyclic) bond motifs is 3. The number of amides is 1. The predicted molar refractivity (Wildman–Crippen MR) is 87.0 cm³/mol. The Kier molecular flexibility index (Phi) is 2.82. The van der Waals surface area contributed by atoms with Crippen LogP contribution in [-0.4, -0.2) is 17.4 Å². The standard InChI is InChI=1S/C20H18FNO2/c21-15-5-6-18-16(9-15)20(7-8-24-18)10-17(20)19(23)22-11-13-3-1-2-4-14(13)12-22/h1-6,9,17H,7-8,10-12H2/t17-,20-/m1/s1. The lowest BCUT2D eigenvalue weighted by Crippen LogP contribution is -2.32. The van der Waals surface area contributed by atoms with E-state index < -0.39 is 0 Å². The van der Waals surface area contributed by atoms with Crippen molar-refractivity contribution in [3.63, 3.8) is 0 Å². The van der Waals surface area contributed by atoms with Crippen LogP contribution < -0.4 is 4.74 Å². The Morgan fingerprint density at radius 2 is 1.92 bits per heavy atom. The summed E-state index contributed by atoms with van der Waals surface area (Å²) < 4.78 is 19.4. The van der Waals surface area contributed by atoms with Gasteiger partial charge in [0.2, 0.25) is 5.91 Å². The summed E-state index contributed by atoms with van der Waals surface area (Å²) in [5.74, 6) is 0.632. The first-order valence-electron chi connectivity index (χ1n) is 8.46. The third-order valence-corrected chi connectivity index (χ3v) is 5.81. The van der Waals surface area contributed by atoms with Gasteiger partial charge in [-0.1, -0.05) is 24.3 Å². The fraction of sp³-hybridized carbons (Fsp3) is 0.350. The number of carbonyl (C=O) groups excluding carboxylic acids is 1. The van der Waals surface area contributed by atoms with Crippen molar-refractivity contribution in [1.82, 2.24) is 4.90 Å². The van der Waals surface area contributed by atoms with Gasteiger partial charge in [-0.25, -0.2) is 4.39 Å². The van der Waals surface area contributed by atoms with Crippen molar-refractivity contribution in [3.05, 3.63) is 65.0 Å². The maximum atomic E-state index is 13.7. The first-order valence-corrected chi connectivity index (χ1v) is 8.46. The largest absolute Gasteiger partial charge is 0.493 e. The lowest BCUT2D eigenvalue weighted by Gasteiger charge is -2.27. The highest BCUT2D eigenvalue weighted by atomic mass is 19.1. The molecule has 2 heterocycles. The van der Waals surface area contributed by atoms with Crippen molar-refractivity contribution >= 4 is 5.91 Å². The molecular weight excluding hydrogens is 305 g/mol. The Morgan fingerprint density at radius 1 is 1.17 bits per heavy atom. The molecule has 122 valence electrons. The maximum Gasteiger partial charge on any atom is 0.227 e. The van der Waals surface area contributed by atoms with E-state index >= 15 is 0 Å². The molecule has 24 heavy (non-hydrogen) atoms. The average Bonchev–Trinajstić information content (AvgIpc) is 3.13. The van der Waals surface area contributed by atoms with Gasteiger partial charge in [0.25, 0.3) is 0 Å². The molecule has 5 rings (SSSR count). The highest BCUT2D eigenvalue weighted by molar-refractivity contribution is 5.85. The Hall–Kier alpha value is -2.36. The first-order chi connectivity index (χ1) is 11.7. The number of rotatable bonds is 1. The van der Waals surface area contributed by atoms with E-state index in [1.54, 1.807) is 12.1 Å². The van der Waals surface area contributed by atoms with Gasteiger partial charge in [-0.15, -0.1) is 0 Å². The van der Waals surface area contributed by atoms with E-state index in [1.165, 1.54) is 17.2 Å². The zero-order chi connectivity index (χ0) is 16.3. The molecule has 1 spiro atoms. The van der Waals surface area contributed by atoms with Crippen LogP contribution in [0.4, 0.5) is 4.39 Å². The minimum atomic E-state index is -0.259. The fourth-order valence-electron chi connectivity index (χ4n) is 4.41. The quantitative estimate of drug-likeness (QED) is 0.805. The van der Waals surface area contributed by atoms with E-state index in [0.717, 1.165) is 24.2 Å². The number of hydrogen-bond donors (Lipinski definition) is 0. The lowest BCUT2D eigenvalue weighted by atomic mass is 9.87. The fourth-order valence-corrected chi connectivity index (χ4v) is 4.41. The van der Waals surface area contributed by atoms with Crippen molar-refractivity contribution in [1.29, 1.82) is 0 Å². The van der Waals surface area contributed by atoms with E-state index in [4.69, 9.17) is 4.74 Å². The summed E-state index contributed by atoms with van der Waals surface area (Å²) in [6.07, 6.45) is 1.60. The molecule has 3 nitrogen and oxygen atoms in total. The van der Waals surface area contributed by atoms with Crippen LogP contribution in [-0.2, 0) is 23.3 Å². The number of ether oxygens (including phenoxy) is 1. The van der Waals surface area contributed by atoms with Crippen molar-refractivity contribution in [2.75, 3.05) is 6.61 Å². The molecular formula is C20H18FNO2. The monoisotopic (exact) mass is 323 g/mol. The van der Waals surface area contributed by atoms with Gasteiger partial charge in [0.15, 0.2) is 0 Å². The molecule has 2 aromatic carbocycles. The van der Waals surface area contributed by atoms with Crippen LogP contribution in [0, 0.1) is 11.7 Å². The molecule has 1 aliphatic carbocycles. The van der Waals surface area contributed by atoms with Gasteiger partial charge in [-0.05, 0) is 42.2 Å². The molecule has 3 aliphatic rings. The Balaban J connectivity index is 1.42. The molecule has 0 bridgehead atoms. The van der Waals surface area contributed by atoms with Crippen LogP contribution in [0.1, 0.15) is 29.5 Å². The summed E-state index contributed by atoms with van der Waals surface area (Å²) in [4.78, 5) is 15.0. The summed E-state index contributed by atoms with van der Waals surface area (Å²) >= 11 is 0. The van der Waals surface area contributed by atoms with Gasteiger partial charge in [0.05, 0.1) is 6.61 Å². The zero-order valence-electron chi connectivity index (χ0n) is 13.3. The van der Waals surface area contributed by atoms with Crippen LogP contribution in [0.2, 0.25) is 0 Å². The molecule has 0 N–H and O–H groups in total. The lowest BCUT2D eigenvalue weighted by molar-refractivity contribution is -0.133. The van der Waals surface area contributed by atoms with Crippen LogP contribution >= 0.6 is 0 Å². The molecule has 1 saturated carbocycles. The molecule has 0 unspecified atom stereocenters. The van der Waals surface area contributed by atoms with Gasteiger partial charge in [0.1, 0.15) is 11.6 Å². The second-order valence-electron chi connectivity index (χ2n) is 7.11. The smallest absolute Gasteiger partial charge is 0.227 e. The highest BCUT2D eigenvalue weighted by Crippen LogP contribution is 2.61. The van der Waals surface area contributed by atoms with Gasteiger partial charge < -0.3 is 9.64 Å². The van der Waals surface area contributed by atoms with Gasteiger partial charge >= 0.3 is 0 Å². The van der Waals surface area contributed by atoms with Gasteiger partial charge in [-0.2, -0.15) is 0 Å². The zero-order valence-corrected chi connectivity index (χ0v) is 13.3. The van der Waals surface area contributed by atoms with Crippen LogP contribution in [0.5, 0.6) is 5.75 Å². The maximum absolute atomic E-state index is 13.7. The predicted octanol–water partition coefficient (Wildman–Crippen LogP) is 3.41. The normalized spacial score (nSPS) is 26.7. The van der Waals surface area contributed by atoms with E-state index in [9.17, 15) is 9.18 Å². The summed E-state index contributed by atoms with van der Waals surface area (Å²) in [5.41, 5.74) is 3.13. The number of benzene rings is 2. The molecule has 0 radical (unpaired) electrons.